The number of rotatable bonds is 5. The maximum absolute atomic E-state index is 12.7. The molecule has 0 amide bonds. The molecule has 0 bridgehead atoms. The summed E-state index contributed by atoms with van der Waals surface area (Å²) in [6.07, 6.45) is -4.60. The molecular weight excluding hydrogens is 445 g/mol. The van der Waals surface area contributed by atoms with E-state index in [-0.39, 0.29) is 22.7 Å². The van der Waals surface area contributed by atoms with E-state index in [9.17, 15) is 30.0 Å². The summed E-state index contributed by atoms with van der Waals surface area (Å²) in [4.78, 5) is 3.58. The molecular formula is C17H17F3N4O4S2. The Morgan fingerprint density at radius 3 is 2.17 bits per heavy atom. The Morgan fingerprint density at radius 1 is 1.03 bits per heavy atom. The largest absolute Gasteiger partial charge is 0.416 e. The number of halogens is 3. The van der Waals surface area contributed by atoms with E-state index in [2.05, 4.69) is 9.71 Å². The van der Waals surface area contributed by atoms with Gasteiger partial charge in [0.1, 0.15) is 0 Å². The first-order chi connectivity index (χ1) is 13.7. The monoisotopic (exact) mass is 462 g/mol. The molecule has 0 fully saturated rings. The van der Waals surface area contributed by atoms with Gasteiger partial charge in [-0.3, -0.25) is 4.72 Å². The van der Waals surface area contributed by atoms with Crippen LogP contribution in [0.25, 0.3) is 11.0 Å². The fourth-order valence-electron chi connectivity index (χ4n) is 2.65. The van der Waals surface area contributed by atoms with E-state index in [1.807, 2.05) is 0 Å². The van der Waals surface area contributed by atoms with Crippen LogP contribution in [0.5, 0.6) is 0 Å². The van der Waals surface area contributed by atoms with Crippen LogP contribution in [0.1, 0.15) is 19.4 Å². The number of hydrogen-bond donors (Lipinski definition) is 2. The van der Waals surface area contributed by atoms with Gasteiger partial charge < -0.3 is 5.73 Å². The predicted octanol–water partition coefficient (Wildman–Crippen LogP) is 3.02. The molecule has 0 atom stereocenters. The second kappa shape index (κ2) is 7.16. The van der Waals surface area contributed by atoms with E-state index in [0.29, 0.717) is 12.1 Å². The Bertz CT molecular complexity index is 1310. The zero-order valence-electron chi connectivity index (χ0n) is 15.7. The third-order valence-corrected chi connectivity index (χ3v) is 7.71. The number of aromatic nitrogens is 2. The molecule has 0 aliphatic heterocycles. The average Bonchev–Trinajstić information content (AvgIpc) is 2.96. The number of nitrogens with two attached hydrogens (primary N) is 1. The van der Waals surface area contributed by atoms with Crippen molar-refractivity contribution in [1.29, 1.82) is 0 Å². The third kappa shape index (κ3) is 3.94. The molecule has 8 nitrogen and oxygen atoms in total. The van der Waals surface area contributed by atoms with Crippen molar-refractivity contribution in [3.8, 4) is 0 Å². The molecule has 0 aliphatic rings. The Morgan fingerprint density at radius 2 is 1.63 bits per heavy atom. The highest BCUT2D eigenvalue weighted by Crippen LogP contribution is 2.30. The van der Waals surface area contributed by atoms with Crippen LogP contribution in [0, 0.1) is 0 Å². The first kappa shape index (κ1) is 21.9. The molecule has 3 rings (SSSR count). The summed E-state index contributed by atoms with van der Waals surface area (Å²) in [5.74, 6) is -0.276. The topological polar surface area (TPSA) is 124 Å². The smallest absolute Gasteiger partial charge is 0.368 e. The molecule has 0 saturated heterocycles. The van der Waals surface area contributed by atoms with E-state index in [4.69, 9.17) is 5.73 Å². The van der Waals surface area contributed by atoms with Crippen LogP contribution in [-0.4, -0.2) is 31.0 Å². The fourth-order valence-corrected chi connectivity index (χ4v) is 4.84. The zero-order chi connectivity index (χ0) is 22.5. The maximum atomic E-state index is 12.7. The molecule has 0 aliphatic carbocycles. The Kier molecular flexibility index (Phi) is 5.23. The van der Waals surface area contributed by atoms with Crippen LogP contribution >= 0.6 is 0 Å². The number of alkyl halides is 3. The number of nitrogens with zero attached hydrogens (tertiary/aromatic N) is 2. The van der Waals surface area contributed by atoms with Crippen LogP contribution < -0.4 is 10.5 Å². The fraction of sp³-hybridized carbons (Fsp3) is 0.235. The van der Waals surface area contributed by atoms with Gasteiger partial charge in [0.2, 0.25) is 16.0 Å². The molecule has 3 aromatic rings. The van der Waals surface area contributed by atoms with Gasteiger partial charge in [0.05, 0.1) is 32.4 Å². The summed E-state index contributed by atoms with van der Waals surface area (Å²) < 4.78 is 91.3. The number of anilines is 2. The summed E-state index contributed by atoms with van der Waals surface area (Å²) >= 11 is 0. The van der Waals surface area contributed by atoms with Crippen molar-refractivity contribution >= 4 is 42.7 Å². The van der Waals surface area contributed by atoms with Crippen molar-refractivity contribution in [2.45, 2.75) is 30.2 Å². The molecule has 30 heavy (non-hydrogen) atoms. The summed E-state index contributed by atoms with van der Waals surface area (Å²) in [5.41, 5.74) is 5.03. The second-order valence-corrected chi connectivity index (χ2v) is 10.7. The van der Waals surface area contributed by atoms with E-state index < -0.39 is 41.9 Å². The molecule has 0 unspecified atom stereocenters. The van der Waals surface area contributed by atoms with Gasteiger partial charge in [0.15, 0.2) is 0 Å². The highest BCUT2D eigenvalue weighted by Gasteiger charge is 2.31. The molecule has 1 aromatic heterocycles. The number of benzene rings is 2. The van der Waals surface area contributed by atoms with Crippen molar-refractivity contribution in [1.82, 2.24) is 8.96 Å². The van der Waals surface area contributed by atoms with E-state index in [0.717, 1.165) is 16.1 Å². The molecule has 0 radical (unpaired) electrons. The van der Waals surface area contributed by atoms with Gasteiger partial charge in [-0.25, -0.2) is 25.8 Å². The number of sulfonamides is 1. The van der Waals surface area contributed by atoms with Crippen molar-refractivity contribution < 1.29 is 30.0 Å². The van der Waals surface area contributed by atoms with Crippen LogP contribution in [0.3, 0.4) is 0 Å². The van der Waals surface area contributed by atoms with Crippen LogP contribution in [0.15, 0.2) is 47.4 Å². The normalized spacial score (nSPS) is 13.1. The van der Waals surface area contributed by atoms with E-state index >= 15 is 0 Å². The molecule has 13 heteroatoms. The second-order valence-electron chi connectivity index (χ2n) is 6.66. The molecule has 1 heterocycles. The van der Waals surface area contributed by atoms with Gasteiger partial charge >= 0.3 is 6.18 Å². The number of fused-ring (bicyclic) bond motifs is 1. The maximum Gasteiger partial charge on any atom is 0.416 e. The number of nitrogen functional groups attached to an aromatic ring is 1. The van der Waals surface area contributed by atoms with Gasteiger partial charge in [0, 0.05) is 0 Å². The number of imidazole rings is 1. The summed E-state index contributed by atoms with van der Waals surface area (Å²) in [6.45, 7) is 2.91. The van der Waals surface area contributed by atoms with Crippen molar-refractivity contribution in [2.24, 2.45) is 0 Å². The predicted molar refractivity (Wildman–Crippen MR) is 106 cm³/mol. The lowest BCUT2D eigenvalue weighted by molar-refractivity contribution is -0.137. The molecule has 0 saturated carbocycles. The Balaban J connectivity index is 2.02. The minimum absolute atomic E-state index is 0.0116. The van der Waals surface area contributed by atoms with Crippen LogP contribution in [0.4, 0.5) is 24.8 Å². The molecule has 162 valence electrons. The minimum atomic E-state index is -4.60. The summed E-state index contributed by atoms with van der Waals surface area (Å²) in [6, 6.07) is 6.92. The highest BCUT2D eigenvalue weighted by molar-refractivity contribution is 7.92. The first-order valence-electron chi connectivity index (χ1n) is 8.46. The quantitative estimate of drug-likeness (QED) is 0.601. The third-order valence-electron chi connectivity index (χ3n) is 4.23. The Hall–Kier alpha value is -2.80. The highest BCUT2D eigenvalue weighted by atomic mass is 32.2. The van der Waals surface area contributed by atoms with Gasteiger partial charge in [-0.05, 0) is 56.3 Å². The minimum Gasteiger partial charge on any atom is -0.368 e. The van der Waals surface area contributed by atoms with E-state index in [1.54, 1.807) is 0 Å². The summed E-state index contributed by atoms with van der Waals surface area (Å²) in [7, 11) is -8.11. The standard InChI is InChI=1S/C17H17F3N4O4S2/c1-10(2)30(27,28)24-15-9-12(5-8-14(15)22-16(24)21)23-29(25,26)13-6-3-11(4-7-13)17(18,19)20/h3-10,23H,1-2H3,(H2,21,22). The number of nitrogens with one attached hydrogen (secondary N) is 1. The van der Waals surface area contributed by atoms with Crippen LogP contribution in [-0.2, 0) is 26.2 Å². The van der Waals surface area contributed by atoms with E-state index in [1.165, 1.54) is 32.0 Å². The molecule has 3 N–H and O–H groups in total. The van der Waals surface area contributed by atoms with Gasteiger partial charge in [0.25, 0.3) is 10.0 Å². The summed E-state index contributed by atoms with van der Waals surface area (Å²) in [5, 5.41) is -0.815. The average molecular weight is 462 g/mol. The lowest BCUT2D eigenvalue weighted by atomic mass is 10.2. The van der Waals surface area contributed by atoms with Gasteiger partial charge in [-0.2, -0.15) is 13.2 Å². The lowest BCUT2D eigenvalue weighted by Crippen LogP contribution is -2.23. The van der Waals surface area contributed by atoms with Gasteiger partial charge in [-0.1, -0.05) is 0 Å². The zero-order valence-corrected chi connectivity index (χ0v) is 17.3. The lowest BCUT2D eigenvalue weighted by Gasteiger charge is -2.12. The number of hydrogen-bond acceptors (Lipinski definition) is 6. The SMILES string of the molecule is CC(C)S(=O)(=O)n1c(N)nc2ccc(NS(=O)(=O)c3ccc(C(F)(F)F)cc3)cc21. The Labute approximate surface area is 170 Å². The molecule has 2 aromatic carbocycles. The van der Waals surface area contributed by atoms with Crippen molar-refractivity contribution in [3.05, 3.63) is 48.0 Å². The molecule has 0 spiro atoms. The first-order valence-corrected chi connectivity index (χ1v) is 11.4. The van der Waals surface area contributed by atoms with Crippen LogP contribution in [0.2, 0.25) is 0 Å². The van der Waals surface area contributed by atoms with Crippen molar-refractivity contribution in [3.63, 3.8) is 0 Å². The van der Waals surface area contributed by atoms with Gasteiger partial charge in [-0.15, -0.1) is 0 Å². The van der Waals surface area contributed by atoms with Crippen molar-refractivity contribution in [2.75, 3.05) is 10.5 Å².